The van der Waals surface area contributed by atoms with Gasteiger partial charge in [0.15, 0.2) is 11.5 Å². The van der Waals surface area contributed by atoms with E-state index in [0.29, 0.717) is 24.6 Å². The highest BCUT2D eigenvalue weighted by Gasteiger charge is 2.28. The predicted octanol–water partition coefficient (Wildman–Crippen LogP) is 4.66. The highest BCUT2D eigenvalue weighted by Crippen LogP contribution is 2.30. The zero-order valence-corrected chi connectivity index (χ0v) is 23.4. The number of nitrogens with zero attached hydrogens (tertiary/aromatic N) is 2. The summed E-state index contributed by atoms with van der Waals surface area (Å²) >= 11 is 0. The van der Waals surface area contributed by atoms with Gasteiger partial charge in [0.2, 0.25) is 20.0 Å². The summed E-state index contributed by atoms with van der Waals surface area (Å²) in [7, 11) is -4.58. The van der Waals surface area contributed by atoms with Crippen LogP contribution in [0.1, 0.15) is 36.8 Å². The van der Waals surface area contributed by atoms with Crippen LogP contribution >= 0.6 is 0 Å². The van der Waals surface area contributed by atoms with Crippen LogP contribution in [0.3, 0.4) is 0 Å². The van der Waals surface area contributed by atoms with E-state index in [2.05, 4.69) is 0 Å². The Morgan fingerprint density at radius 1 is 0.684 bits per heavy atom. The monoisotopic (exact) mass is 558 g/mol. The maximum atomic E-state index is 13.8. The van der Waals surface area contributed by atoms with E-state index in [4.69, 9.17) is 9.47 Å². The average Bonchev–Trinajstić information content (AvgIpc) is 3.24. The van der Waals surface area contributed by atoms with Crippen LogP contribution in [-0.4, -0.2) is 52.8 Å². The number of hydrogen-bond donors (Lipinski definition) is 0. The van der Waals surface area contributed by atoms with Crippen molar-refractivity contribution in [2.24, 2.45) is 0 Å². The molecule has 0 atom stereocenters. The fourth-order valence-corrected chi connectivity index (χ4v) is 7.49. The number of hydrogen-bond acceptors (Lipinski definition) is 6. The fraction of sp³-hybridized carbons (Fsp3) is 0.357. The van der Waals surface area contributed by atoms with Gasteiger partial charge in [0, 0.05) is 26.2 Å². The van der Waals surface area contributed by atoms with Gasteiger partial charge in [-0.1, -0.05) is 49.2 Å². The second kappa shape index (κ2) is 12.3. The molecule has 1 aliphatic heterocycles. The van der Waals surface area contributed by atoms with Crippen molar-refractivity contribution in [2.75, 3.05) is 27.3 Å². The zero-order valence-electron chi connectivity index (χ0n) is 21.7. The predicted molar refractivity (Wildman–Crippen MR) is 146 cm³/mol. The van der Waals surface area contributed by atoms with E-state index in [-0.39, 0.29) is 22.9 Å². The second-order valence-corrected chi connectivity index (χ2v) is 13.1. The highest BCUT2D eigenvalue weighted by atomic mass is 32.2. The summed E-state index contributed by atoms with van der Waals surface area (Å²) in [5, 5.41) is 0. The Morgan fingerprint density at radius 3 is 1.87 bits per heavy atom. The van der Waals surface area contributed by atoms with Gasteiger partial charge in [0.1, 0.15) is 0 Å². The molecule has 1 aliphatic rings. The van der Waals surface area contributed by atoms with Crippen LogP contribution in [0, 0.1) is 0 Å². The molecule has 1 heterocycles. The maximum absolute atomic E-state index is 13.8. The van der Waals surface area contributed by atoms with E-state index in [1.807, 2.05) is 30.3 Å². The molecule has 0 amide bonds. The van der Waals surface area contributed by atoms with E-state index in [0.717, 1.165) is 36.8 Å². The first-order chi connectivity index (χ1) is 18.3. The number of methoxy groups -OCH3 is 2. The third kappa shape index (κ3) is 6.37. The molecule has 0 spiro atoms. The van der Waals surface area contributed by atoms with Crippen LogP contribution in [0.4, 0.5) is 0 Å². The van der Waals surface area contributed by atoms with Gasteiger partial charge < -0.3 is 9.47 Å². The number of benzene rings is 3. The summed E-state index contributed by atoms with van der Waals surface area (Å²) in [6, 6.07) is 20.2. The maximum Gasteiger partial charge on any atom is 0.243 e. The molecule has 4 rings (SSSR count). The Morgan fingerprint density at radius 2 is 1.26 bits per heavy atom. The molecular formula is C28H34N2O6S2. The van der Waals surface area contributed by atoms with Crippen molar-refractivity contribution >= 4 is 20.0 Å². The van der Waals surface area contributed by atoms with E-state index < -0.39 is 20.0 Å². The molecule has 204 valence electrons. The molecule has 0 saturated carbocycles. The summed E-state index contributed by atoms with van der Waals surface area (Å²) in [6.45, 7) is 1.20. The Hall–Kier alpha value is -2.92. The quantitative estimate of drug-likeness (QED) is 0.359. The molecule has 0 aromatic heterocycles. The minimum Gasteiger partial charge on any atom is -0.493 e. The Bertz CT molecular complexity index is 1420. The molecule has 10 heteroatoms. The molecule has 0 N–H and O–H groups in total. The summed E-state index contributed by atoms with van der Waals surface area (Å²) < 4.78 is 67.6. The van der Waals surface area contributed by atoms with Crippen molar-refractivity contribution in [3.05, 3.63) is 83.9 Å². The van der Waals surface area contributed by atoms with Crippen molar-refractivity contribution < 1.29 is 26.3 Å². The molecular weight excluding hydrogens is 524 g/mol. The Balaban J connectivity index is 1.64. The van der Waals surface area contributed by atoms with Gasteiger partial charge in [-0.15, -0.1) is 0 Å². The van der Waals surface area contributed by atoms with E-state index >= 15 is 0 Å². The van der Waals surface area contributed by atoms with Crippen LogP contribution < -0.4 is 9.47 Å². The minimum absolute atomic E-state index is 0.0312. The first-order valence-electron chi connectivity index (χ1n) is 12.6. The lowest BCUT2D eigenvalue weighted by molar-refractivity contribution is 0.352. The molecule has 0 aliphatic carbocycles. The van der Waals surface area contributed by atoms with Crippen LogP contribution in [0.2, 0.25) is 0 Å². The Kier molecular flexibility index (Phi) is 9.09. The largest absolute Gasteiger partial charge is 0.493 e. The topological polar surface area (TPSA) is 93.2 Å². The van der Waals surface area contributed by atoms with Gasteiger partial charge in [0.25, 0.3) is 0 Å². The lowest BCUT2D eigenvalue weighted by Gasteiger charge is -2.24. The lowest BCUT2D eigenvalue weighted by Crippen LogP contribution is -2.32. The molecule has 3 aromatic carbocycles. The van der Waals surface area contributed by atoms with Crippen molar-refractivity contribution in [3.8, 4) is 11.5 Å². The van der Waals surface area contributed by atoms with Gasteiger partial charge in [0.05, 0.1) is 24.0 Å². The van der Waals surface area contributed by atoms with E-state index in [1.54, 1.807) is 25.3 Å². The normalized spacial score (nSPS) is 15.2. The average molecular weight is 559 g/mol. The van der Waals surface area contributed by atoms with Crippen LogP contribution in [0.25, 0.3) is 0 Å². The van der Waals surface area contributed by atoms with Crippen LogP contribution in [0.5, 0.6) is 11.5 Å². The molecule has 8 nitrogen and oxygen atoms in total. The molecule has 0 bridgehead atoms. The van der Waals surface area contributed by atoms with Crippen LogP contribution in [0.15, 0.2) is 82.6 Å². The van der Waals surface area contributed by atoms with Crippen molar-refractivity contribution in [2.45, 2.75) is 48.6 Å². The Labute approximate surface area is 225 Å². The summed E-state index contributed by atoms with van der Waals surface area (Å²) in [5.41, 5.74) is 1.56. The van der Waals surface area contributed by atoms with Gasteiger partial charge in [-0.05, 0) is 60.4 Å². The SMILES string of the molecule is COc1ccc(CN(Cc2ccccc2)S(=O)(=O)c2ccc(S(=O)(=O)N3CCCCCC3)cc2)cc1OC. The molecule has 38 heavy (non-hydrogen) atoms. The van der Waals surface area contributed by atoms with Gasteiger partial charge in [-0.2, -0.15) is 8.61 Å². The molecule has 0 unspecified atom stereocenters. The second-order valence-electron chi connectivity index (χ2n) is 9.24. The fourth-order valence-electron chi connectivity index (χ4n) is 4.56. The molecule has 1 saturated heterocycles. The van der Waals surface area contributed by atoms with Crippen molar-refractivity contribution in [3.63, 3.8) is 0 Å². The van der Waals surface area contributed by atoms with Crippen molar-refractivity contribution in [1.82, 2.24) is 8.61 Å². The number of sulfonamides is 2. The van der Waals surface area contributed by atoms with Crippen LogP contribution in [-0.2, 0) is 33.1 Å². The summed E-state index contributed by atoms with van der Waals surface area (Å²) in [6.07, 6.45) is 3.69. The van der Waals surface area contributed by atoms with E-state index in [9.17, 15) is 16.8 Å². The molecule has 1 fully saturated rings. The first-order valence-corrected chi connectivity index (χ1v) is 15.5. The third-order valence-corrected chi connectivity index (χ3v) is 10.4. The standard InChI is InChI=1S/C28H34N2O6S2/c1-35-27-17-12-24(20-28(27)36-2)22-30(21-23-10-6-5-7-11-23)38(33,34)26-15-13-25(14-16-26)37(31,32)29-18-8-3-4-9-19-29/h5-7,10-17,20H,3-4,8-9,18-19,21-22H2,1-2H3. The zero-order chi connectivity index (χ0) is 27.2. The summed E-state index contributed by atoms with van der Waals surface area (Å²) in [4.78, 5) is 0.136. The van der Waals surface area contributed by atoms with E-state index in [1.165, 1.54) is 40.0 Å². The third-order valence-electron chi connectivity index (χ3n) is 6.67. The first kappa shape index (κ1) is 28.1. The number of ether oxygens (including phenoxy) is 2. The minimum atomic E-state index is -3.97. The smallest absolute Gasteiger partial charge is 0.243 e. The lowest BCUT2D eigenvalue weighted by atomic mass is 10.2. The van der Waals surface area contributed by atoms with Crippen molar-refractivity contribution in [1.29, 1.82) is 0 Å². The molecule has 0 radical (unpaired) electrons. The van der Waals surface area contributed by atoms with Gasteiger partial charge in [-0.25, -0.2) is 16.8 Å². The highest BCUT2D eigenvalue weighted by molar-refractivity contribution is 7.89. The van der Waals surface area contributed by atoms with Gasteiger partial charge in [-0.3, -0.25) is 0 Å². The summed E-state index contributed by atoms with van der Waals surface area (Å²) in [5.74, 6) is 1.06. The van der Waals surface area contributed by atoms with Gasteiger partial charge >= 0.3 is 0 Å². The molecule has 3 aromatic rings. The number of rotatable bonds is 10.